The van der Waals surface area contributed by atoms with Crippen LogP contribution in [-0.2, 0) is 9.84 Å². The summed E-state index contributed by atoms with van der Waals surface area (Å²) in [6.45, 7) is 2.79. The lowest BCUT2D eigenvalue weighted by atomic mass is 10.1. The Labute approximate surface area is 108 Å². The number of hydrogen-bond donors (Lipinski definition) is 0. The third-order valence-corrected chi connectivity index (χ3v) is 4.93. The van der Waals surface area contributed by atoms with Crippen LogP contribution in [0.3, 0.4) is 0 Å². The van der Waals surface area contributed by atoms with Gasteiger partial charge < -0.3 is 4.90 Å². The molecule has 1 heterocycles. The fourth-order valence-corrected chi connectivity index (χ4v) is 3.13. The normalized spacial score (nSPS) is 20.1. The largest absolute Gasteiger partial charge is 0.337 e. The molecule has 0 aromatic heterocycles. The summed E-state index contributed by atoms with van der Waals surface area (Å²) in [4.78, 5) is 13.8. The number of aryl methyl sites for hydroxylation is 1. The van der Waals surface area contributed by atoms with Crippen molar-refractivity contribution in [1.29, 1.82) is 0 Å². The Balaban J connectivity index is 2.10. The van der Waals surface area contributed by atoms with E-state index < -0.39 is 15.1 Å². The average Bonchev–Trinajstić information content (AvgIpc) is 2.78. The number of nitrogens with zero attached hydrogens (tertiary/aromatic N) is 1. The molecular weight excluding hydrogens is 250 g/mol. The van der Waals surface area contributed by atoms with E-state index in [4.69, 9.17) is 0 Å². The molecule has 1 aromatic rings. The summed E-state index contributed by atoms with van der Waals surface area (Å²) in [5.41, 5.74) is 1.72. The third-order valence-electron chi connectivity index (χ3n) is 3.34. The highest BCUT2D eigenvalue weighted by Crippen LogP contribution is 2.18. The second kappa shape index (κ2) is 4.72. The van der Waals surface area contributed by atoms with Crippen LogP contribution in [0.15, 0.2) is 24.3 Å². The van der Waals surface area contributed by atoms with Crippen LogP contribution in [0.25, 0.3) is 0 Å². The molecule has 0 radical (unpaired) electrons. The Hall–Kier alpha value is -1.36. The lowest BCUT2D eigenvalue weighted by molar-refractivity contribution is 0.0793. The Morgan fingerprint density at radius 3 is 2.39 bits per heavy atom. The van der Waals surface area contributed by atoms with Crippen LogP contribution in [0.1, 0.15) is 22.3 Å². The minimum atomic E-state index is -3.05. The summed E-state index contributed by atoms with van der Waals surface area (Å²) in [6, 6.07) is 7.34. The standard InChI is InChI=1S/C13H17NO3S/c1-10-3-5-11(6-4-10)13(15)14-8-7-12(9-14)18(2,16)17/h3-6,12H,7-9H2,1-2H3. The first kappa shape index (κ1) is 13.1. The quantitative estimate of drug-likeness (QED) is 0.810. The fraction of sp³-hybridized carbons (Fsp3) is 0.462. The van der Waals surface area contributed by atoms with Crippen molar-refractivity contribution >= 4 is 15.7 Å². The van der Waals surface area contributed by atoms with Gasteiger partial charge in [-0.25, -0.2) is 8.42 Å². The minimum absolute atomic E-state index is 0.0823. The van der Waals surface area contributed by atoms with Gasteiger partial charge in [0.05, 0.1) is 5.25 Å². The SMILES string of the molecule is Cc1ccc(C(=O)N2CCC(S(C)(=O)=O)C2)cc1. The maximum Gasteiger partial charge on any atom is 0.253 e. The van der Waals surface area contributed by atoms with E-state index in [-0.39, 0.29) is 5.91 Å². The van der Waals surface area contributed by atoms with Crippen LogP contribution in [0.4, 0.5) is 0 Å². The molecule has 1 aliphatic heterocycles. The highest BCUT2D eigenvalue weighted by atomic mass is 32.2. The number of rotatable bonds is 2. The molecule has 0 spiro atoms. The molecule has 1 fully saturated rings. The van der Waals surface area contributed by atoms with E-state index in [0.717, 1.165) is 5.56 Å². The van der Waals surface area contributed by atoms with E-state index >= 15 is 0 Å². The van der Waals surface area contributed by atoms with Crippen LogP contribution in [0.2, 0.25) is 0 Å². The second-order valence-electron chi connectivity index (χ2n) is 4.86. The molecule has 1 atom stereocenters. The molecule has 5 heteroatoms. The summed E-state index contributed by atoms with van der Waals surface area (Å²) in [5.74, 6) is -0.0823. The van der Waals surface area contributed by atoms with Gasteiger partial charge in [-0.3, -0.25) is 4.79 Å². The van der Waals surface area contributed by atoms with Gasteiger partial charge in [0, 0.05) is 24.9 Å². The predicted molar refractivity (Wildman–Crippen MR) is 70.3 cm³/mol. The number of carbonyl (C=O) groups excluding carboxylic acids is 1. The number of likely N-dealkylation sites (tertiary alicyclic amines) is 1. The molecule has 2 rings (SSSR count). The topological polar surface area (TPSA) is 54.5 Å². The number of amides is 1. The summed E-state index contributed by atoms with van der Waals surface area (Å²) >= 11 is 0. The van der Waals surface area contributed by atoms with Crippen molar-refractivity contribution in [3.63, 3.8) is 0 Å². The molecule has 4 nitrogen and oxygen atoms in total. The van der Waals surface area contributed by atoms with Gasteiger partial charge in [0.25, 0.3) is 5.91 Å². The Morgan fingerprint density at radius 2 is 1.89 bits per heavy atom. The zero-order chi connectivity index (χ0) is 13.3. The Morgan fingerprint density at radius 1 is 1.28 bits per heavy atom. The van der Waals surface area contributed by atoms with Gasteiger partial charge in [-0.2, -0.15) is 0 Å². The molecule has 18 heavy (non-hydrogen) atoms. The van der Waals surface area contributed by atoms with Gasteiger partial charge >= 0.3 is 0 Å². The maximum absolute atomic E-state index is 12.2. The zero-order valence-corrected chi connectivity index (χ0v) is 11.4. The number of carbonyl (C=O) groups is 1. The second-order valence-corrected chi connectivity index (χ2v) is 7.18. The molecule has 1 aromatic carbocycles. The molecule has 1 aliphatic rings. The van der Waals surface area contributed by atoms with Gasteiger partial charge in [0.15, 0.2) is 9.84 Å². The van der Waals surface area contributed by atoms with Gasteiger partial charge in [0.1, 0.15) is 0 Å². The minimum Gasteiger partial charge on any atom is -0.337 e. The van der Waals surface area contributed by atoms with Crippen molar-refractivity contribution in [3.05, 3.63) is 35.4 Å². The predicted octanol–water partition coefficient (Wildman–Crippen LogP) is 1.25. The first-order valence-corrected chi connectivity index (χ1v) is 7.88. The summed E-state index contributed by atoms with van der Waals surface area (Å²) in [5, 5.41) is -0.410. The smallest absolute Gasteiger partial charge is 0.253 e. The van der Waals surface area contributed by atoms with Crippen molar-refractivity contribution in [2.45, 2.75) is 18.6 Å². The third kappa shape index (κ3) is 2.72. The van der Waals surface area contributed by atoms with Crippen molar-refractivity contribution in [3.8, 4) is 0 Å². The van der Waals surface area contributed by atoms with E-state index in [1.807, 2.05) is 19.1 Å². The monoisotopic (exact) mass is 267 g/mol. The molecule has 1 amide bonds. The average molecular weight is 267 g/mol. The lowest BCUT2D eigenvalue weighted by Gasteiger charge is -2.16. The van der Waals surface area contributed by atoms with E-state index in [1.165, 1.54) is 6.26 Å². The van der Waals surface area contributed by atoms with Gasteiger partial charge in [-0.15, -0.1) is 0 Å². The van der Waals surface area contributed by atoms with Gasteiger partial charge in [-0.1, -0.05) is 17.7 Å². The fourth-order valence-electron chi connectivity index (χ4n) is 2.14. The molecule has 0 saturated carbocycles. The Bertz CT molecular complexity index is 548. The van der Waals surface area contributed by atoms with Gasteiger partial charge in [-0.05, 0) is 25.5 Å². The zero-order valence-electron chi connectivity index (χ0n) is 10.6. The molecule has 98 valence electrons. The first-order valence-electron chi connectivity index (χ1n) is 5.93. The molecule has 0 aliphatic carbocycles. The van der Waals surface area contributed by atoms with Crippen LogP contribution in [0, 0.1) is 6.92 Å². The van der Waals surface area contributed by atoms with E-state index in [0.29, 0.717) is 25.1 Å². The van der Waals surface area contributed by atoms with Crippen LogP contribution < -0.4 is 0 Å². The number of sulfone groups is 1. The first-order chi connectivity index (χ1) is 8.38. The van der Waals surface area contributed by atoms with Crippen molar-refractivity contribution in [2.24, 2.45) is 0 Å². The summed E-state index contributed by atoms with van der Waals surface area (Å²) in [6.07, 6.45) is 1.77. The van der Waals surface area contributed by atoms with Crippen molar-refractivity contribution in [2.75, 3.05) is 19.3 Å². The van der Waals surface area contributed by atoms with E-state index in [9.17, 15) is 13.2 Å². The maximum atomic E-state index is 12.2. The lowest BCUT2D eigenvalue weighted by Crippen LogP contribution is -2.31. The summed E-state index contributed by atoms with van der Waals surface area (Å²) < 4.78 is 22.9. The van der Waals surface area contributed by atoms with Crippen LogP contribution in [-0.4, -0.2) is 43.8 Å². The highest BCUT2D eigenvalue weighted by molar-refractivity contribution is 7.91. The van der Waals surface area contributed by atoms with Crippen molar-refractivity contribution in [1.82, 2.24) is 4.90 Å². The summed E-state index contributed by atoms with van der Waals surface area (Å²) in [7, 11) is -3.05. The van der Waals surface area contributed by atoms with Crippen LogP contribution >= 0.6 is 0 Å². The van der Waals surface area contributed by atoms with Crippen LogP contribution in [0.5, 0.6) is 0 Å². The van der Waals surface area contributed by atoms with E-state index in [1.54, 1.807) is 17.0 Å². The van der Waals surface area contributed by atoms with E-state index in [2.05, 4.69) is 0 Å². The van der Waals surface area contributed by atoms with Crippen molar-refractivity contribution < 1.29 is 13.2 Å². The molecule has 1 saturated heterocycles. The number of hydrogen-bond acceptors (Lipinski definition) is 3. The Kier molecular flexibility index (Phi) is 3.43. The molecule has 1 unspecified atom stereocenters. The molecular formula is C13H17NO3S. The number of benzene rings is 1. The molecule has 0 bridgehead atoms. The van der Waals surface area contributed by atoms with Gasteiger partial charge in [0.2, 0.25) is 0 Å². The highest BCUT2D eigenvalue weighted by Gasteiger charge is 2.32. The molecule has 0 N–H and O–H groups in total.